The number of rotatable bonds is 6. The highest BCUT2D eigenvalue weighted by Gasteiger charge is 2.21. The first-order valence-electron chi connectivity index (χ1n) is 7.77. The monoisotopic (exact) mass is 305 g/mol. The molecule has 114 valence electrons. The zero-order valence-electron chi connectivity index (χ0n) is 12.7. The van der Waals surface area contributed by atoms with E-state index in [1.807, 2.05) is 6.07 Å². The summed E-state index contributed by atoms with van der Waals surface area (Å²) in [6, 6.07) is 9.13. The highest BCUT2D eigenvalue weighted by atomic mass is 35.5. The van der Waals surface area contributed by atoms with Crippen molar-refractivity contribution in [2.45, 2.75) is 45.2 Å². The van der Waals surface area contributed by atoms with Crippen LogP contribution >= 0.6 is 11.6 Å². The van der Waals surface area contributed by atoms with E-state index >= 15 is 0 Å². The summed E-state index contributed by atoms with van der Waals surface area (Å²) in [5.74, 6) is 0. The van der Waals surface area contributed by atoms with Crippen LogP contribution in [0.5, 0.6) is 0 Å². The fraction of sp³-hybridized carbons (Fsp3) is 0.588. The van der Waals surface area contributed by atoms with Gasteiger partial charge in [0.05, 0.1) is 6.07 Å². The van der Waals surface area contributed by atoms with Crippen molar-refractivity contribution in [3.63, 3.8) is 0 Å². The van der Waals surface area contributed by atoms with Crippen molar-refractivity contribution in [2.24, 2.45) is 0 Å². The maximum absolute atomic E-state index is 8.75. The van der Waals surface area contributed by atoms with E-state index < -0.39 is 0 Å². The van der Waals surface area contributed by atoms with Crippen molar-refractivity contribution in [1.82, 2.24) is 10.2 Å². The lowest BCUT2D eigenvalue weighted by molar-refractivity contribution is 0.153. The van der Waals surface area contributed by atoms with Crippen molar-refractivity contribution >= 4 is 11.6 Å². The first-order valence-corrected chi connectivity index (χ1v) is 8.15. The number of nitrogens with one attached hydrogen (secondary N) is 1. The molecule has 1 aromatic carbocycles. The minimum absolute atomic E-state index is 0.599. The molecule has 1 aliphatic heterocycles. The Hall–Kier alpha value is -1.08. The molecule has 3 nitrogen and oxygen atoms in total. The van der Waals surface area contributed by atoms with Crippen LogP contribution < -0.4 is 5.32 Å². The molecule has 0 unspecified atom stereocenters. The van der Waals surface area contributed by atoms with Gasteiger partial charge in [0, 0.05) is 24.0 Å². The fourth-order valence-corrected chi connectivity index (χ4v) is 3.22. The van der Waals surface area contributed by atoms with E-state index in [-0.39, 0.29) is 0 Å². The highest BCUT2D eigenvalue weighted by molar-refractivity contribution is 6.31. The minimum Gasteiger partial charge on any atom is -0.317 e. The third-order valence-electron chi connectivity index (χ3n) is 4.14. The van der Waals surface area contributed by atoms with Gasteiger partial charge in [0.25, 0.3) is 0 Å². The molecular weight excluding hydrogens is 282 g/mol. The second-order valence-electron chi connectivity index (χ2n) is 5.81. The van der Waals surface area contributed by atoms with Crippen molar-refractivity contribution in [2.75, 3.05) is 19.6 Å². The Morgan fingerprint density at radius 1 is 1.38 bits per heavy atom. The second-order valence-corrected chi connectivity index (χ2v) is 6.22. The Kier molecular flexibility index (Phi) is 6.50. The smallest absolute Gasteiger partial charge is 0.0622 e. The lowest BCUT2D eigenvalue weighted by Crippen LogP contribution is -2.43. The van der Waals surface area contributed by atoms with Crippen molar-refractivity contribution in [3.8, 4) is 6.07 Å². The van der Waals surface area contributed by atoms with E-state index in [0.29, 0.717) is 12.5 Å². The summed E-state index contributed by atoms with van der Waals surface area (Å²) in [6.45, 7) is 6.09. The molecule has 2 rings (SSSR count). The van der Waals surface area contributed by atoms with Crippen molar-refractivity contribution in [1.29, 1.82) is 5.26 Å². The molecule has 0 spiro atoms. The predicted octanol–water partition coefficient (Wildman–Crippen LogP) is 3.51. The van der Waals surface area contributed by atoms with Crippen LogP contribution in [-0.2, 0) is 6.54 Å². The van der Waals surface area contributed by atoms with Crippen molar-refractivity contribution < 1.29 is 0 Å². The van der Waals surface area contributed by atoms with Crippen LogP contribution in [0.2, 0.25) is 5.02 Å². The fourth-order valence-electron chi connectivity index (χ4n) is 2.92. The standard InChI is InChI=1S/C17H24ClN3/c1-14-4-5-15(17(18)12-14)13-21(11-3-2-8-19)16-6-9-20-10-7-16/h4-5,12,16,20H,2-3,6-7,9-11,13H2,1H3. The van der Waals surface area contributed by atoms with E-state index in [9.17, 15) is 0 Å². The first kappa shape index (κ1) is 16.3. The van der Waals surface area contributed by atoms with Crippen LogP contribution in [0.25, 0.3) is 0 Å². The second kappa shape index (κ2) is 8.38. The number of aryl methyl sites for hydroxylation is 1. The number of nitrogens with zero attached hydrogens (tertiary/aromatic N) is 2. The lowest BCUT2D eigenvalue weighted by atomic mass is 10.0. The molecule has 1 aromatic rings. The molecule has 1 saturated heterocycles. The van der Waals surface area contributed by atoms with Gasteiger partial charge >= 0.3 is 0 Å². The number of unbranched alkanes of at least 4 members (excludes halogenated alkanes) is 1. The Morgan fingerprint density at radius 3 is 2.81 bits per heavy atom. The third-order valence-corrected chi connectivity index (χ3v) is 4.49. The molecule has 1 N–H and O–H groups in total. The Bertz CT molecular complexity index is 489. The van der Waals surface area contributed by atoms with Gasteiger partial charge in [-0.2, -0.15) is 5.26 Å². The van der Waals surface area contributed by atoms with E-state index in [0.717, 1.165) is 37.6 Å². The van der Waals surface area contributed by atoms with E-state index in [1.54, 1.807) is 0 Å². The van der Waals surface area contributed by atoms with E-state index in [4.69, 9.17) is 16.9 Å². The van der Waals surface area contributed by atoms with Crippen LogP contribution in [0, 0.1) is 18.3 Å². The predicted molar refractivity (Wildman–Crippen MR) is 87.3 cm³/mol. The van der Waals surface area contributed by atoms with Gasteiger partial charge in [0.1, 0.15) is 0 Å². The molecule has 0 aliphatic carbocycles. The highest BCUT2D eigenvalue weighted by Crippen LogP contribution is 2.22. The first-order chi connectivity index (χ1) is 10.2. The normalized spacial score (nSPS) is 16.1. The number of halogens is 1. The summed E-state index contributed by atoms with van der Waals surface area (Å²) in [7, 11) is 0. The number of hydrogen-bond acceptors (Lipinski definition) is 3. The lowest BCUT2D eigenvalue weighted by Gasteiger charge is -2.35. The van der Waals surface area contributed by atoms with Crippen LogP contribution in [0.3, 0.4) is 0 Å². The Labute approximate surface area is 132 Å². The molecule has 1 fully saturated rings. The van der Waals surface area contributed by atoms with Gasteiger partial charge in [-0.3, -0.25) is 4.90 Å². The van der Waals surface area contributed by atoms with Gasteiger partial charge in [-0.15, -0.1) is 0 Å². The summed E-state index contributed by atoms with van der Waals surface area (Å²) in [5.41, 5.74) is 2.39. The van der Waals surface area contributed by atoms with Gasteiger partial charge < -0.3 is 5.32 Å². The molecule has 0 amide bonds. The van der Waals surface area contributed by atoms with Gasteiger partial charge in [0.15, 0.2) is 0 Å². The molecule has 0 aromatic heterocycles. The summed E-state index contributed by atoms with van der Waals surface area (Å²) in [5, 5.41) is 13.0. The minimum atomic E-state index is 0.599. The Balaban J connectivity index is 2.04. The molecule has 1 heterocycles. The molecule has 21 heavy (non-hydrogen) atoms. The molecule has 4 heteroatoms. The summed E-state index contributed by atoms with van der Waals surface area (Å²) in [4.78, 5) is 2.51. The maximum atomic E-state index is 8.75. The summed E-state index contributed by atoms with van der Waals surface area (Å²) in [6.07, 6.45) is 3.92. The van der Waals surface area contributed by atoms with E-state index in [2.05, 4.69) is 35.3 Å². The summed E-state index contributed by atoms with van der Waals surface area (Å²) >= 11 is 6.38. The third kappa shape index (κ3) is 5.00. The molecule has 0 saturated carbocycles. The zero-order chi connectivity index (χ0) is 15.1. The average molecular weight is 306 g/mol. The van der Waals surface area contributed by atoms with Crippen LogP contribution in [0.1, 0.15) is 36.8 Å². The maximum Gasteiger partial charge on any atom is 0.0622 e. The van der Waals surface area contributed by atoms with Gasteiger partial charge in [-0.25, -0.2) is 0 Å². The summed E-state index contributed by atoms with van der Waals surface area (Å²) < 4.78 is 0. The van der Waals surface area contributed by atoms with Gasteiger partial charge in [-0.05, 0) is 63.0 Å². The molecule has 0 radical (unpaired) electrons. The largest absolute Gasteiger partial charge is 0.317 e. The SMILES string of the molecule is Cc1ccc(CN(CCCC#N)C2CCNCC2)c(Cl)c1. The molecule has 0 atom stereocenters. The van der Waals surface area contributed by atoms with E-state index in [1.165, 1.54) is 24.0 Å². The topological polar surface area (TPSA) is 39.1 Å². The number of nitriles is 1. The molecule has 1 aliphatic rings. The molecule has 0 bridgehead atoms. The zero-order valence-corrected chi connectivity index (χ0v) is 13.5. The number of hydrogen-bond donors (Lipinski definition) is 1. The van der Waals surface area contributed by atoms with Crippen LogP contribution in [0.4, 0.5) is 0 Å². The quantitative estimate of drug-likeness (QED) is 0.818. The average Bonchev–Trinajstić information content (AvgIpc) is 2.49. The van der Waals surface area contributed by atoms with Gasteiger partial charge in [0.2, 0.25) is 0 Å². The van der Waals surface area contributed by atoms with Crippen molar-refractivity contribution in [3.05, 3.63) is 34.3 Å². The molecular formula is C17H24ClN3. The number of piperidine rings is 1. The number of benzene rings is 1. The van der Waals surface area contributed by atoms with Crippen LogP contribution in [0.15, 0.2) is 18.2 Å². The van der Waals surface area contributed by atoms with Gasteiger partial charge in [-0.1, -0.05) is 23.7 Å². The Morgan fingerprint density at radius 2 is 2.14 bits per heavy atom. The van der Waals surface area contributed by atoms with Crippen LogP contribution in [-0.4, -0.2) is 30.6 Å².